The minimum Gasteiger partial charge on any atom is -0.325 e. The van der Waals surface area contributed by atoms with Crippen LogP contribution in [-0.4, -0.2) is 5.54 Å². The molecule has 3 fully saturated rings. The Bertz CT molecular complexity index is 438. The molecule has 3 aliphatic rings. The topological polar surface area (TPSA) is 26.0 Å². The largest absolute Gasteiger partial charge is 0.325 e. The van der Waals surface area contributed by atoms with Gasteiger partial charge in [0.15, 0.2) is 0 Å². The summed E-state index contributed by atoms with van der Waals surface area (Å²) < 4.78 is 0. The summed E-state index contributed by atoms with van der Waals surface area (Å²) in [5.41, 5.74) is 7.12. The number of hydrogen-bond acceptors (Lipinski definition) is 1. The van der Waals surface area contributed by atoms with Crippen LogP contribution in [0.2, 0.25) is 0 Å². The maximum absolute atomic E-state index is 6.92. The Morgan fingerprint density at radius 3 is 1.92 bits per heavy atom. The summed E-state index contributed by atoms with van der Waals surface area (Å²) in [7, 11) is 0. The monoisotopic (exact) mass is 361 g/mol. The molecule has 0 aromatic carbocycles. The van der Waals surface area contributed by atoms with Crippen molar-refractivity contribution in [1.29, 1.82) is 0 Å². The zero-order valence-electron chi connectivity index (χ0n) is 18.5. The summed E-state index contributed by atoms with van der Waals surface area (Å²) in [6, 6.07) is 0. The van der Waals surface area contributed by atoms with Gasteiger partial charge in [0.1, 0.15) is 0 Å². The van der Waals surface area contributed by atoms with Crippen LogP contribution in [0.5, 0.6) is 0 Å². The van der Waals surface area contributed by atoms with E-state index in [4.69, 9.17) is 5.73 Å². The van der Waals surface area contributed by atoms with Crippen molar-refractivity contribution in [3.8, 4) is 0 Å². The van der Waals surface area contributed by atoms with Crippen molar-refractivity contribution in [2.24, 2.45) is 46.7 Å². The van der Waals surface area contributed by atoms with E-state index in [2.05, 4.69) is 34.6 Å². The normalized spacial score (nSPS) is 32.4. The highest BCUT2D eigenvalue weighted by Crippen LogP contribution is 2.58. The zero-order valence-corrected chi connectivity index (χ0v) is 18.5. The van der Waals surface area contributed by atoms with E-state index in [9.17, 15) is 0 Å². The number of nitrogens with two attached hydrogens (primary N) is 1. The van der Waals surface area contributed by atoms with Crippen LogP contribution in [0, 0.1) is 40.9 Å². The summed E-state index contributed by atoms with van der Waals surface area (Å²) in [6.07, 6.45) is 17.8. The fourth-order valence-corrected chi connectivity index (χ4v) is 7.31. The molecule has 3 rings (SSSR count). The first kappa shape index (κ1) is 20.7. The summed E-state index contributed by atoms with van der Waals surface area (Å²) in [4.78, 5) is 0. The van der Waals surface area contributed by atoms with Gasteiger partial charge in [-0.15, -0.1) is 0 Å². The third-order valence-corrected chi connectivity index (χ3v) is 9.04. The molecule has 26 heavy (non-hydrogen) atoms. The van der Waals surface area contributed by atoms with Gasteiger partial charge < -0.3 is 5.73 Å². The van der Waals surface area contributed by atoms with E-state index in [1.54, 1.807) is 0 Å². The SMILES string of the molecule is CC(C)CC(C)(C(C1CCC1)C1CCC(C2CCCCC2)C1)C(C)(C)N. The molecule has 3 saturated carbocycles. The molecule has 2 N–H and O–H groups in total. The Hall–Kier alpha value is -0.0400. The first-order valence-corrected chi connectivity index (χ1v) is 12.0. The van der Waals surface area contributed by atoms with Crippen molar-refractivity contribution in [2.75, 3.05) is 0 Å². The lowest BCUT2D eigenvalue weighted by atomic mass is 9.51. The van der Waals surface area contributed by atoms with E-state index in [-0.39, 0.29) is 11.0 Å². The smallest absolute Gasteiger partial charge is 0.0154 e. The van der Waals surface area contributed by atoms with Crippen LogP contribution in [-0.2, 0) is 0 Å². The van der Waals surface area contributed by atoms with E-state index < -0.39 is 0 Å². The molecule has 0 aliphatic heterocycles. The van der Waals surface area contributed by atoms with Crippen LogP contribution < -0.4 is 5.73 Å². The van der Waals surface area contributed by atoms with Gasteiger partial charge in [0.2, 0.25) is 0 Å². The molecule has 1 heteroatoms. The average molecular weight is 362 g/mol. The van der Waals surface area contributed by atoms with Crippen molar-refractivity contribution in [3.63, 3.8) is 0 Å². The molecule has 4 atom stereocenters. The second-order valence-electron chi connectivity index (χ2n) is 11.7. The predicted molar refractivity (Wildman–Crippen MR) is 114 cm³/mol. The highest BCUT2D eigenvalue weighted by molar-refractivity contribution is 5.05. The van der Waals surface area contributed by atoms with Gasteiger partial charge in [-0.1, -0.05) is 72.1 Å². The van der Waals surface area contributed by atoms with Crippen LogP contribution in [0.4, 0.5) is 0 Å². The molecule has 0 spiro atoms. The van der Waals surface area contributed by atoms with Gasteiger partial charge in [-0.25, -0.2) is 0 Å². The van der Waals surface area contributed by atoms with Crippen LogP contribution in [0.15, 0.2) is 0 Å². The third kappa shape index (κ3) is 4.18. The van der Waals surface area contributed by atoms with Crippen molar-refractivity contribution in [1.82, 2.24) is 0 Å². The average Bonchev–Trinajstić information content (AvgIpc) is 2.99. The van der Waals surface area contributed by atoms with Gasteiger partial charge in [0.25, 0.3) is 0 Å². The molecule has 0 amide bonds. The maximum atomic E-state index is 6.92. The summed E-state index contributed by atoms with van der Waals surface area (Å²) in [5, 5.41) is 0. The van der Waals surface area contributed by atoms with Crippen LogP contribution in [0.25, 0.3) is 0 Å². The predicted octanol–water partition coefficient (Wildman–Crippen LogP) is 7.19. The molecular weight excluding hydrogens is 314 g/mol. The van der Waals surface area contributed by atoms with E-state index >= 15 is 0 Å². The van der Waals surface area contributed by atoms with Gasteiger partial charge in [-0.3, -0.25) is 0 Å². The lowest BCUT2D eigenvalue weighted by Gasteiger charge is -2.55. The van der Waals surface area contributed by atoms with E-state index in [0.29, 0.717) is 0 Å². The Labute approximate surface area is 164 Å². The van der Waals surface area contributed by atoms with E-state index in [1.807, 2.05) is 0 Å². The standard InChI is InChI=1S/C25H47N/c1-18(2)17-25(5,24(3,4)26)23(20-12-9-13-20)22-15-14-21(16-22)19-10-7-6-8-11-19/h18-23H,6-17,26H2,1-5H3. The molecule has 0 radical (unpaired) electrons. The molecule has 3 aliphatic carbocycles. The lowest BCUT2D eigenvalue weighted by molar-refractivity contribution is -0.0383. The Morgan fingerprint density at radius 2 is 1.42 bits per heavy atom. The molecule has 0 bridgehead atoms. The number of hydrogen-bond donors (Lipinski definition) is 1. The summed E-state index contributed by atoms with van der Waals surface area (Å²) in [5.74, 6) is 5.58. The van der Waals surface area contributed by atoms with Gasteiger partial charge in [0, 0.05) is 5.54 Å². The van der Waals surface area contributed by atoms with Crippen molar-refractivity contribution >= 4 is 0 Å². The van der Waals surface area contributed by atoms with E-state index in [0.717, 1.165) is 35.5 Å². The highest BCUT2D eigenvalue weighted by atomic mass is 14.8. The molecule has 4 unspecified atom stereocenters. The quantitative estimate of drug-likeness (QED) is 0.510. The minimum atomic E-state index is -0.0829. The number of rotatable bonds is 7. The second-order valence-corrected chi connectivity index (χ2v) is 11.7. The van der Waals surface area contributed by atoms with Crippen LogP contribution >= 0.6 is 0 Å². The molecule has 152 valence electrons. The Balaban J connectivity index is 1.79. The molecule has 0 aromatic rings. The minimum absolute atomic E-state index is 0.0829. The third-order valence-electron chi connectivity index (χ3n) is 9.04. The van der Waals surface area contributed by atoms with Crippen molar-refractivity contribution < 1.29 is 0 Å². The lowest BCUT2D eigenvalue weighted by Crippen LogP contribution is -2.57. The van der Waals surface area contributed by atoms with Gasteiger partial charge in [0.05, 0.1) is 0 Å². The Kier molecular flexibility index (Phi) is 6.48. The summed E-state index contributed by atoms with van der Waals surface area (Å²) >= 11 is 0. The summed E-state index contributed by atoms with van der Waals surface area (Å²) in [6.45, 7) is 12.0. The van der Waals surface area contributed by atoms with Gasteiger partial charge in [-0.2, -0.15) is 0 Å². The maximum Gasteiger partial charge on any atom is 0.0154 e. The zero-order chi connectivity index (χ0) is 18.9. The van der Waals surface area contributed by atoms with Crippen LogP contribution in [0.1, 0.15) is 112 Å². The van der Waals surface area contributed by atoms with Gasteiger partial charge >= 0.3 is 0 Å². The fraction of sp³-hybridized carbons (Fsp3) is 1.00. The van der Waals surface area contributed by atoms with Crippen molar-refractivity contribution in [2.45, 2.75) is 117 Å². The van der Waals surface area contributed by atoms with Gasteiger partial charge in [-0.05, 0) is 80.5 Å². The van der Waals surface area contributed by atoms with E-state index in [1.165, 1.54) is 77.0 Å². The van der Waals surface area contributed by atoms with Crippen LogP contribution in [0.3, 0.4) is 0 Å². The molecule has 0 saturated heterocycles. The van der Waals surface area contributed by atoms with Crippen molar-refractivity contribution in [3.05, 3.63) is 0 Å². The molecule has 0 aromatic heterocycles. The molecular formula is C25H47N. The Morgan fingerprint density at radius 1 is 0.769 bits per heavy atom. The molecule has 1 nitrogen and oxygen atoms in total. The molecule has 0 heterocycles. The fourth-order valence-electron chi connectivity index (χ4n) is 7.31. The highest BCUT2D eigenvalue weighted by Gasteiger charge is 2.52. The second kappa shape index (κ2) is 8.14. The first-order valence-electron chi connectivity index (χ1n) is 12.0. The first-order chi connectivity index (χ1) is 12.2.